The number of rotatable bonds is 5. The summed E-state index contributed by atoms with van der Waals surface area (Å²) >= 11 is 0. The number of hydrogen-bond acceptors (Lipinski definition) is 4. The van der Waals surface area contributed by atoms with Gasteiger partial charge in [-0.3, -0.25) is 24.6 Å². The number of hydrogen-bond donors (Lipinski definition) is 2. The standard InChI is InChI=1S/C27H33F3N2O4/c28-27(29,30)18-11-7-10-17(14-18)22-20-21(24(34)32(23(20)33)19-12-5-2-6-13-19)26(31-22,25(35)36)15-16-8-3-1-4-9-16/h7,10-11,14,16,19-22,31H,1-6,8-9,12-13,15H2,(H,35,36). The van der Waals surface area contributed by atoms with Crippen LogP contribution in [0.3, 0.4) is 0 Å². The van der Waals surface area contributed by atoms with Crippen LogP contribution in [0.2, 0.25) is 0 Å². The Hall–Kier alpha value is -2.42. The number of alkyl halides is 3. The van der Waals surface area contributed by atoms with Crippen LogP contribution in [0.15, 0.2) is 24.3 Å². The first-order valence-electron chi connectivity index (χ1n) is 13.2. The minimum Gasteiger partial charge on any atom is -0.480 e. The van der Waals surface area contributed by atoms with Crippen LogP contribution in [-0.2, 0) is 20.6 Å². The number of amides is 2. The van der Waals surface area contributed by atoms with Gasteiger partial charge >= 0.3 is 12.1 Å². The van der Waals surface area contributed by atoms with Crippen molar-refractivity contribution < 1.29 is 32.7 Å². The van der Waals surface area contributed by atoms with Gasteiger partial charge in [-0.15, -0.1) is 0 Å². The SMILES string of the molecule is O=C1C2C(c3cccc(C(F)(F)F)c3)NC(CC3CCCCC3)(C(=O)O)C2C(=O)N1C1CCCCC1. The zero-order chi connectivity index (χ0) is 25.7. The molecular weight excluding hydrogens is 473 g/mol. The highest BCUT2D eigenvalue weighted by Gasteiger charge is 2.69. The van der Waals surface area contributed by atoms with E-state index in [0.29, 0.717) is 12.8 Å². The van der Waals surface area contributed by atoms with Crippen molar-refractivity contribution in [2.75, 3.05) is 0 Å². The summed E-state index contributed by atoms with van der Waals surface area (Å²) in [4.78, 5) is 41.9. The molecule has 0 radical (unpaired) electrons. The van der Waals surface area contributed by atoms with Crippen molar-refractivity contribution >= 4 is 17.8 Å². The van der Waals surface area contributed by atoms with Gasteiger partial charge in [-0.2, -0.15) is 13.2 Å². The summed E-state index contributed by atoms with van der Waals surface area (Å²) in [7, 11) is 0. The van der Waals surface area contributed by atoms with E-state index in [0.717, 1.165) is 63.5 Å². The number of imide groups is 1. The van der Waals surface area contributed by atoms with Crippen molar-refractivity contribution in [1.82, 2.24) is 10.2 Å². The normalized spacial score (nSPS) is 32.2. The monoisotopic (exact) mass is 506 g/mol. The molecule has 0 bridgehead atoms. The highest BCUT2D eigenvalue weighted by Crippen LogP contribution is 2.53. The Morgan fingerprint density at radius 1 is 1.00 bits per heavy atom. The molecule has 2 amide bonds. The molecule has 2 saturated carbocycles. The second-order valence-corrected chi connectivity index (χ2v) is 11.1. The molecule has 4 atom stereocenters. The summed E-state index contributed by atoms with van der Waals surface area (Å²) in [6.45, 7) is 0. The van der Waals surface area contributed by atoms with Gasteiger partial charge in [-0.05, 0) is 42.9 Å². The summed E-state index contributed by atoms with van der Waals surface area (Å²) in [5.41, 5.74) is -2.36. The van der Waals surface area contributed by atoms with E-state index in [1.807, 2.05) is 0 Å². The molecule has 6 nitrogen and oxygen atoms in total. The van der Waals surface area contributed by atoms with E-state index < -0.39 is 52.9 Å². The molecule has 4 aliphatic rings. The zero-order valence-corrected chi connectivity index (χ0v) is 20.2. The van der Waals surface area contributed by atoms with E-state index in [-0.39, 0.29) is 23.9 Å². The van der Waals surface area contributed by atoms with Crippen LogP contribution in [0.25, 0.3) is 0 Å². The number of fused-ring (bicyclic) bond motifs is 1. The highest BCUT2D eigenvalue weighted by molar-refractivity contribution is 6.09. The third-order valence-electron chi connectivity index (χ3n) is 8.92. The molecule has 4 unspecified atom stereocenters. The van der Waals surface area contributed by atoms with Gasteiger partial charge in [0.1, 0.15) is 5.54 Å². The Kier molecular flexibility index (Phi) is 6.64. The third-order valence-corrected chi connectivity index (χ3v) is 8.92. The van der Waals surface area contributed by atoms with E-state index in [4.69, 9.17) is 0 Å². The van der Waals surface area contributed by atoms with Crippen LogP contribution in [0.1, 0.15) is 87.8 Å². The Morgan fingerprint density at radius 3 is 2.25 bits per heavy atom. The van der Waals surface area contributed by atoms with Gasteiger partial charge in [0.2, 0.25) is 11.8 Å². The first-order chi connectivity index (χ1) is 17.1. The largest absolute Gasteiger partial charge is 0.480 e. The van der Waals surface area contributed by atoms with Crippen molar-refractivity contribution in [3.63, 3.8) is 0 Å². The Labute approximate surface area is 208 Å². The maximum absolute atomic E-state index is 13.9. The lowest BCUT2D eigenvalue weighted by Gasteiger charge is -2.37. The Bertz CT molecular complexity index is 1030. The Balaban J connectivity index is 1.58. The van der Waals surface area contributed by atoms with Gasteiger partial charge in [-0.25, -0.2) is 0 Å². The lowest BCUT2D eigenvalue weighted by atomic mass is 9.72. The number of nitrogens with one attached hydrogen (secondary N) is 1. The van der Waals surface area contributed by atoms with E-state index >= 15 is 0 Å². The van der Waals surface area contributed by atoms with Crippen LogP contribution in [0.5, 0.6) is 0 Å². The van der Waals surface area contributed by atoms with Gasteiger partial charge in [0, 0.05) is 12.1 Å². The first-order valence-corrected chi connectivity index (χ1v) is 13.2. The summed E-state index contributed by atoms with van der Waals surface area (Å²) in [6.07, 6.45) is 4.50. The molecule has 0 aromatic heterocycles. The molecule has 1 aromatic carbocycles. The molecule has 196 valence electrons. The van der Waals surface area contributed by atoms with Gasteiger partial charge < -0.3 is 5.11 Å². The highest BCUT2D eigenvalue weighted by atomic mass is 19.4. The summed E-state index contributed by atoms with van der Waals surface area (Å²) in [5.74, 6) is -4.22. The third kappa shape index (κ3) is 4.23. The quantitative estimate of drug-likeness (QED) is 0.544. The molecule has 2 N–H and O–H groups in total. The van der Waals surface area contributed by atoms with Gasteiger partial charge in [0.25, 0.3) is 0 Å². The number of carbonyl (C=O) groups excluding carboxylic acids is 2. The Morgan fingerprint density at radius 2 is 1.64 bits per heavy atom. The molecule has 1 aromatic rings. The molecule has 0 spiro atoms. The van der Waals surface area contributed by atoms with Crippen LogP contribution in [-0.4, -0.2) is 39.4 Å². The predicted octanol–water partition coefficient (Wildman–Crippen LogP) is 5.08. The fraction of sp³-hybridized carbons (Fsp3) is 0.667. The number of halogens is 3. The van der Waals surface area contributed by atoms with Gasteiger partial charge in [-0.1, -0.05) is 63.5 Å². The number of carboxylic acid groups (broad SMARTS) is 1. The van der Waals surface area contributed by atoms with E-state index in [1.165, 1.54) is 17.0 Å². The predicted molar refractivity (Wildman–Crippen MR) is 125 cm³/mol. The molecular formula is C27H33F3N2O4. The number of benzene rings is 1. The van der Waals surface area contributed by atoms with Crippen molar-refractivity contribution in [3.05, 3.63) is 35.4 Å². The molecule has 2 aliphatic heterocycles. The molecule has 5 rings (SSSR count). The van der Waals surface area contributed by atoms with E-state index in [2.05, 4.69) is 5.32 Å². The molecule has 36 heavy (non-hydrogen) atoms. The lowest BCUT2D eigenvalue weighted by Crippen LogP contribution is -2.57. The van der Waals surface area contributed by atoms with Gasteiger partial charge in [0.05, 0.1) is 17.4 Å². The van der Waals surface area contributed by atoms with Crippen LogP contribution >= 0.6 is 0 Å². The van der Waals surface area contributed by atoms with Crippen molar-refractivity contribution in [2.24, 2.45) is 17.8 Å². The maximum Gasteiger partial charge on any atom is 0.416 e. The fourth-order valence-electron chi connectivity index (χ4n) is 7.24. The molecule has 2 aliphatic carbocycles. The summed E-state index contributed by atoms with van der Waals surface area (Å²) in [6, 6.07) is 3.45. The summed E-state index contributed by atoms with van der Waals surface area (Å²) < 4.78 is 40.5. The van der Waals surface area contributed by atoms with Crippen LogP contribution < -0.4 is 5.32 Å². The average molecular weight is 507 g/mol. The average Bonchev–Trinajstić information content (AvgIpc) is 3.34. The van der Waals surface area contributed by atoms with E-state index in [1.54, 1.807) is 0 Å². The van der Waals surface area contributed by atoms with Gasteiger partial charge in [0.15, 0.2) is 0 Å². The van der Waals surface area contributed by atoms with E-state index in [9.17, 15) is 32.7 Å². The second-order valence-electron chi connectivity index (χ2n) is 11.1. The fourth-order valence-corrected chi connectivity index (χ4v) is 7.24. The zero-order valence-electron chi connectivity index (χ0n) is 20.2. The van der Waals surface area contributed by atoms with Crippen molar-refractivity contribution in [3.8, 4) is 0 Å². The smallest absolute Gasteiger partial charge is 0.416 e. The minimum atomic E-state index is -4.58. The molecule has 2 saturated heterocycles. The first kappa shape index (κ1) is 25.2. The van der Waals surface area contributed by atoms with Crippen LogP contribution in [0.4, 0.5) is 13.2 Å². The molecule has 2 heterocycles. The summed E-state index contributed by atoms with van der Waals surface area (Å²) in [5, 5.41) is 13.7. The number of nitrogens with zero attached hydrogens (tertiary/aromatic N) is 1. The number of likely N-dealkylation sites (tertiary alicyclic amines) is 1. The van der Waals surface area contributed by atoms with Crippen molar-refractivity contribution in [2.45, 2.75) is 94.4 Å². The maximum atomic E-state index is 13.9. The molecule has 4 fully saturated rings. The second kappa shape index (κ2) is 9.47. The van der Waals surface area contributed by atoms with Crippen LogP contribution in [0, 0.1) is 17.8 Å². The number of aliphatic carboxylic acids is 1. The number of carboxylic acids is 1. The van der Waals surface area contributed by atoms with Crippen molar-refractivity contribution in [1.29, 1.82) is 0 Å². The lowest BCUT2D eigenvalue weighted by molar-refractivity contribution is -0.153. The minimum absolute atomic E-state index is 0.0786. The molecule has 9 heteroatoms. The topological polar surface area (TPSA) is 86.7 Å². The number of carbonyl (C=O) groups is 3.